The Kier molecular flexibility index (Phi) is 9.59. The first-order valence-electron chi connectivity index (χ1n) is 8.33. The van der Waals surface area contributed by atoms with Gasteiger partial charge in [-0.3, -0.25) is 0 Å². The second-order valence-electron chi connectivity index (χ2n) is 5.79. The van der Waals surface area contributed by atoms with E-state index in [1.165, 1.54) is 64.2 Å². The molecule has 0 aromatic carbocycles. The minimum Gasteiger partial charge on any atom is -0.317 e. The Hall–Kier alpha value is -0.0800. The molecule has 0 aliphatic heterocycles. The quantitative estimate of drug-likeness (QED) is 0.796. The molecule has 0 bridgehead atoms. The van der Waals surface area contributed by atoms with Crippen molar-refractivity contribution in [3.05, 3.63) is 0 Å². The molecule has 2 fully saturated rings. The van der Waals surface area contributed by atoms with Gasteiger partial charge in [-0.15, -0.1) is 0 Å². The van der Waals surface area contributed by atoms with Gasteiger partial charge in [0.05, 0.1) is 0 Å². The molecule has 0 radical (unpaired) electrons. The van der Waals surface area contributed by atoms with Gasteiger partial charge in [0.1, 0.15) is 0 Å². The highest BCUT2D eigenvalue weighted by atomic mass is 14.9. The molecule has 0 heterocycles. The first-order valence-corrected chi connectivity index (χ1v) is 8.33. The molecule has 2 N–H and O–H groups in total. The summed E-state index contributed by atoms with van der Waals surface area (Å²) in [6.45, 7) is 6.39. The Balaban J connectivity index is 0.000000280. The van der Waals surface area contributed by atoms with E-state index in [0.29, 0.717) is 0 Å². The summed E-state index contributed by atoms with van der Waals surface area (Å²) in [6, 6.07) is 1.74. The van der Waals surface area contributed by atoms with E-state index in [9.17, 15) is 0 Å². The molecular weight excluding hydrogens is 220 g/mol. The van der Waals surface area contributed by atoms with E-state index in [0.717, 1.165) is 25.2 Å². The van der Waals surface area contributed by atoms with E-state index >= 15 is 0 Å². The van der Waals surface area contributed by atoms with Crippen LogP contribution in [0, 0.1) is 0 Å². The van der Waals surface area contributed by atoms with Crippen LogP contribution in [0.25, 0.3) is 0 Å². The number of rotatable bonds is 4. The monoisotopic (exact) mass is 254 g/mol. The Morgan fingerprint density at radius 3 is 1.33 bits per heavy atom. The second kappa shape index (κ2) is 10.8. The molecule has 0 aromatic heterocycles. The standard InChI is InChI=1S/C12H23N.C4H11N/c1-3-7-11(8-4-1)13-12-9-5-2-6-10-12;1-3-5-4-2/h11-13H,1-10H2;5H,3-4H2,1-2H3. The van der Waals surface area contributed by atoms with Gasteiger partial charge in [0.15, 0.2) is 0 Å². The van der Waals surface area contributed by atoms with Gasteiger partial charge in [0, 0.05) is 12.1 Å². The van der Waals surface area contributed by atoms with Gasteiger partial charge in [-0.1, -0.05) is 52.4 Å². The van der Waals surface area contributed by atoms with E-state index in [4.69, 9.17) is 0 Å². The topological polar surface area (TPSA) is 24.1 Å². The van der Waals surface area contributed by atoms with E-state index in [1.807, 2.05) is 0 Å². The summed E-state index contributed by atoms with van der Waals surface area (Å²) in [5.41, 5.74) is 0. The maximum atomic E-state index is 3.86. The zero-order valence-electron chi connectivity index (χ0n) is 12.6. The second-order valence-corrected chi connectivity index (χ2v) is 5.79. The minimum atomic E-state index is 0.872. The van der Waals surface area contributed by atoms with Crippen LogP contribution >= 0.6 is 0 Å². The maximum absolute atomic E-state index is 3.86. The lowest BCUT2D eigenvalue weighted by molar-refractivity contribution is 0.291. The summed E-state index contributed by atoms with van der Waals surface area (Å²) in [4.78, 5) is 0. The Bertz CT molecular complexity index is 152. The van der Waals surface area contributed by atoms with Crippen LogP contribution in [0.4, 0.5) is 0 Å². The van der Waals surface area contributed by atoms with Gasteiger partial charge in [0.25, 0.3) is 0 Å². The molecule has 0 amide bonds. The molecule has 2 aliphatic carbocycles. The highest BCUT2D eigenvalue weighted by molar-refractivity contribution is 4.79. The predicted octanol–water partition coefficient (Wildman–Crippen LogP) is 3.86. The third-order valence-electron chi connectivity index (χ3n) is 4.18. The van der Waals surface area contributed by atoms with Gasteiger partial charge in [-0.2, -0.15) is 0 Å². The van der Waals surface area contributed by atoms with Crippen molar-refractivity contribution in [3.63, 3.8) is 0 Å². The molecule has 2 heteroatoms. The molecular formula is C16H34N2. The van der Waals surface area contributed by atoms with Crippen molar-refractivity contribution < 1.29 is 0 Å². The number of hydrogen-bond donors (Lipinski definition) is 2. The molecule has 0 unspecified atom stereocenters. The lowest BCUT2D eigenvalue weighted by Gasteiger charge is -2.30. The molecule has 2 rings (SSSR count). The van der Waals surface area contributed by atoms with Crippen LogP contribution in [0.15, 0.2) is 0 Å². The summed E-state index contributed by atoms with van der Waals surface area (Å²) in [6.07, 6.45) is 14.6. The van der Waals surface area contributed by atoms with Gasteiger partial charge in [-0.25, -0.2) is 0 Å². The van der Waals surface area contributed by atoms with Crippen molar-refractivity contribution in [2.75, 3.05) is 13.1 Å². The Morgan fingerprint density at radius 2 is 1.06 bits per heavy atom. The fourth-order valence-electron chi connectivity index (χ4n) is 3.12. The fraction of sp³-hybridized carbons (Fsp3) is 1.00. The first-order chi connectivity index (χ1) is 8.86. The van der Waals surface area contributed by atoms with Crippen molar-refractivity contribution in [1.82, 2.24) is 10.6 Å². The summed E-state index contributed by atoms with van der Waals surface area (Å²) in [5.74, 6) is 0. The van der Waals surface area contributed by atoms with E-state index in [2.05, 4.69) is 24.5 Å². The van der Waals surface area contributed by atoms with Crippen molar-refractivity contribution in [2.45, 2.75) is 90.1 Å². The largest absolute Gasteiger partial charge is 0.317 e. The molecule has 0 atom stereocenters. The SMILES string of the molecule is C1CCC(NC2CCCCC2)CC1.CCNCC. The van der Waals surface area contributed by atoms with Crippen LogP contribution in [-0.2, 0) is 0 Å². The third-order valence-corrected chi connectivity index (χ3v) is 4.18. The average Bonchev–Trinajstić information content (AvgIpc) is 2.43. The summed E-state index contributed by atoms with van der Waals surface area (Å²) in [5, 5.41) is 6.97. The van der Waals surface area contributed by atoms with Gasteiger partial charge in [0.2, 0.25) is 0 Å². The molecule has 2 nitrogen and oxygen atoms in total. The zero-order chi connectivity index (χ0) is 13.1. The van der Waals surface area contributed by atoms with Crippen LogP contribution in [0.2, 0.25) is 0 Å². The van der Waals surface area contributed by atoms with E-state index in [1.54, 1.807) is 0 Å². The van der Waals surface area contributed by atoms with E-state index < -0.39 is 0 Å². The van der Waals surface area contributed by atoms with Crippen LogP contribution in [0.5, 0.6) is 0 Å². The summed E-state index contributed by atoms with van der Waals surface area (Å²) in [7, 11) is 0. The number of hydrogen-bond acceptors (Lipinski definition) is 2. The van der Waals surface area contributed by atoms with Crippen LogP contribution in [-0.4, -0.2) is 25.2 Å². The third kappa shape index (κ3) is 7.38. The smallest absolute Gasteiger partial charge is 0.00696 e. The molecule has 2 saturated carbocycles. The molecule has 0 spiro atoms. The van der Waals surface area contributed by atoms with Crippen LogP contribution in [0.3, 0.4) is 0 Å². The fourth-order valence-corrected chi connectivity index (χ4v) is 3.12. The van der Waals surface area contributed by atoms with Gasteiger partial charge >= 0.3 is 0 Å². The first kappa shape index (κ1) is 16.0. The van der Waals surface area contributed by atoms with Gasteiger partial charge in [-0.05, 0) is 38.8 Å². The lowest BCUT2D eigenvalue weighted by atomic mass is 9.91. The van der Waals surface area contributed by atoms with E-state index in [-0.39, 0.29) is 0 Å². The van der Waals surface area contributed by atoms with Crippen molar-refractivity contribution in [2.24, 2.45) is 0 Å². The maximum Gasteiger partial charge on any atom is 0.00696 e. The lowest BCUT2D eigenvalue weighted by Crippen LogP contribution is -2.40. The predicted molar refractivity (Wildman–Crippen MR) is 81.1 cm³/mol. The van der Waals surface area contributed by atoms with Crippen molar-refractivity contribution >= 4 is 0 Å². The Labute approximate surface area is 114 Å². The molecule has 2 aliphatic rings. The number of nitrogens with one attached hydrogen (secondary N) is 2. The van der Waals surface area contributed by atoms with Crippen molar-refractivity contribution in [3.8, 4) is 0 Å². The normalized spacial score (nSPS) is 22.3. The highest BCUT2D eigenvalue weighted by Crippen LogP contribution is 2.22. The summed E-state index contributed by atoms with van der Waals surface area (Å²) >= 11 is 0. The highest BCUT2D eigenvalue weighted by Gasteiger charge is 2.19. The molecule has 0 aromatic rings. The molecule has 0 saturated heterocycles. The summed E-state index contributed by atoms with van der Waals surface area (Å²) < 4.78 is 0. The van der Waals surface area contributed by atoms with Crippen LogP contribution < -0.4 is 10.6 Å². The Morgan fingerprint density at radius 1 is 0.667 bits per heavy atom. The average molecular weight is 254 g/mol. The molecule has 108 valence electrons. The van der Waals surface area contributed by atoms with Crippen molar-refractivity contribution in [1.29, 1.82) is 0 Å². The zero-order valence-corrected chi connectivity index (χ0v) is 12.6. The van der Waals surface area contributed by atoms with Crippen LogP contribution in [0.1, 0.15) is 78.1 Å². The molecule has 18 heavy (non-hydrogen) atoms. The minimum absolute atomic E-state index is 0.872. The van der Waals surface area contributed by atoms with Gasteiger partial charge < -0.3 is 10.6 Å².